The number of hydrogen-bond acceptors (Lipinski definition) is 5. The molecule has 0 aliphatic carbocycles. The zero-order valence-corrected chi connectivity index (χ0v) is 16.2. The molecular weight excluding hydrogens is 374 g/mol. The van der Waals surface area contributed by atoms with Crippen LogP contribution in [0.25, 0.3) is 0 Å². The van der Waals surface area contributed by atoms with Crippen molar-refractivity contribution in [2.75, 3.05) is 6.54 Å². The van der Waals surface area contributed by atoms with Gasteiger partial charge in [-0.2, -0.15) is 0 Å². The maximum atomic E-state index is 6.22. The van der Waals surface area contributed by atoms with Gasteiger partial charge in [0.2, 0.25) is 0 Å². The summed E-state index contributed by atoms with van der Waals surface area (Å²) in [5.74, 6) is -0.638. The van der Waals surface area contributed by atoms with Gasteiger partial charge >= 0.3 is 0 Å². The third-order valence-corrected chi connectivity index (χ3v) is 4.98. The Morgan fingerprint density at radius 2 is 2.00 bits per heavy atom. The monoisotopic (exact) mass is 399 g/mol. The molecule has 0 radical (unpaired) electrons. The van der Waals surface area contributed by atoms with E-state index in [9.17, 15) is 0 Å². The summed E-state index contributed by atoms with van der Waals surface area (Å²) in [6.45, 7) is 9.24. The summed E-state index contributed by atoms with van der Waals surface area (Å²) in [4.78, 5) is 0. The number of halogens is 1. The van der Waals surface area contributed by atoms with Crippen molar-refractivity contribution in [3.8, 4) is 0 Å². The van der Waals surface area contributed by atoms with E-state index in [2.05, 4.69) is 41.2 Å². The smallest absolute Gasteiger partial charge is 0.190 e. The van der Waals surface area contributed by atoms with Gasteiger partial charge in [0, 0.05) is 17.1 Å². The van der Waals surface area contributed by atoms with E-state index in [-0.39, 0.29) is 24.6 Å². The molecule has 134 valence electrons. The van der Waals surface area contributed by atoms with Gasteiger partial charge in [0.25, 0.3) is 0 Å². The van der Waals surface area contributed by atoms with Crippen LogP contribution in [0.3, 0.4) is 0 Å². The Balaban J connectivity index is 1.68. The highest BCUT2D eigenvalue weighted by atomic mass is 79.9. The topological polar surface area (TPSA) is 49.0 Å². The highest BCUT2D eigenvalue weighted by molar-refractivity contribution is 9.10. The fraction of sp³-hybridized carbons (Fsp3) is 0.667. The zero-order chi connectivity index (χ0) is 17.3. The quantitative estimate of drug-likeness (QED) is 0.795. The Bertz CT molecular complexity index is 566. The van der Waals surface area contributed by atoms with Crippen molar-refractivity contribution in [3.05, 3.63) is 34.3 Å². The minimum Gasteiger partial charge on any atom is -0.368 e. The van der Waals surface area contributed by atoms with E-state index in [0.29, 0.717) is 19.2 Å². The Morgan fingerprint density at radius 3 is 2.71 bits per heavy atom. The van der Waals surface area contributed by atoms with Crippen LogP contribution >= 0.6 is 15.9 Å². The van der Waals surface area contributed by atoms with Crippen LogP contribution in [-0.4, -0.2) is 43.0 Å². The summed E-state index contributed by atoms with van der Waals surface area (Å²) in [6.07, 6.45) is -0.847. The van der Waals surface area contributed by atoms with Crippen LogP contribution in [0.5, 0.6) is 0 Å². The molecule has 0 unspecified atom stereocenters. The zero-order valence-electron chi connectivity index (χ0n) is 14.6. The molecule has 2 heterocycles. The van der Waals surface area contributed by atoms with Gasteiger partial charge in [0.15, 0.2) is 12.1 Å². The Hall–Kier alpha value is -0.500. The van der Waals surface area contributed by atoms with E-state index in [0.717, 1.165) is 10.0 Å². The molecule has 1 aromatic rings. The minimum absolute atomic E-state index is 0.0963. The van der Waals surface area contributed by atoms with Crippen LogP contribution in [-0.2, 0) is 25.6 Å². The number of fused-ring (bicyclic) bond motifs is 1. The molecule has 2 saturated heterocycles. The lowest BCUT2D eigenvalue weighted by Gasteiger charge is -2.26. The molecule has 2 fully saturated rings. The molecule has 24 heavy (non-hydrogen) atoms. The first-order valence-corrected chi connectivity index (χ1v) is 9.24. The van der Waals surface area contributed by atoms with E-state index >= 15 is 0 Å². The summed E-state index contributed by atoms with van der Waals surface area (Å²) in [5, 5.41) is 3.41. The maximum absolute atomic E-state index is 6.22. The van der Waals surface area contributed by atoms with Gasteiger partial charge in [-0.15, -0.1) is 0 Å². The van der Waals surface area contributed by atoms with Crippen LogP contribution in [0.2, 0.25) is 0 Å². The van der Waals surface area contributed by atoms with Crippen molar-refractivity contribution in [1.29, 1.82) is 0 Å². The number of ether oxygens (including phenoxy) is 4. The van der Waals surface area contributed by atoms with Gasteiger partial charge in [-0.05, 0) is 25.5 Å². The lowest BCUT2D eigenvalue weighted by Crippen LogP contribution is -2.43. The summed E-state index contributed by atoms with van der Waals surface area (Å²) in [6, 6.07) is 8.45. The lowest BCUT2D eigenvalue weighted by atomic mass is 10.1. The first-order chi connectivity index (χ1) is 11.4. The number of hydrogen-bond donors (Lipinski definition) is 1. The fourth-order valence-electron chi connectivity index (χ4n) is 3.07. The van der Waals surface area contributed by atoms with Gasteiger partial charge in [-0.1, -0.05) is 48.0 Å². The Kier molecular flexibility index (Phi) is 5.64. The van der Waals surface area contributed by atoms with Crippen molar-refractivity contribution in [1.82, 2.24) is 5.32 Å². The molecule has 1 aromatic carbocycles. The molecule has 0 saturated carbocycles. The fourth-order valence-corrected chi connectivity index (χ4v) is 3.47. The van der Waals surface area contributed by atoms with Crippen LogP contribution < -0.4 is 5.32 Å². The van der Waals surface area contributed by atoms with Crippen LogP contribution in [0, 0.1) is 0 Å². The number of rotatable bonds is 6. The first-order valence-electron chi connectivity index (χ1n) is 8.45. The Morgan fingerprint density at radius 1 is 1.25 bits per heavy atom. The second kappa shape index (κ2) is 7.40. The van der Waals surface area contributed by atoms with Crippen molar-refractivity contribution in [2.24, 2.45) is 0 Å². The second-order valence-electron chi connectivity index (χ2n) is 7.07. The average Bonchev–Trinajstić information content (AvgIpc) is 2.96. The average molecular weight is 400 g/mol. The van der Waals surface area contributed by atoms with E-state index in [4.69, 9.17) is 18.9 Å². The molecule has 0 bridgehead atoms. The number of nitrogens with one attached hydrogen (secondary N) is 1. The highest BCUT2D eigenvalue weighted by Gasteiger charge is 2.55. The molecule has 0 aromatic heterocycles. The third kappa shape index (κ3) is 4.18. The molecule has 0 amide bonds. The SMILES string of the molecule is CC(C)NC[C@H]1O[C@@H]2OC(C)(C)O[C@@H]2[C@H]1OCc1ccccc1Br. The van der Waals surface area contributed by atoms with Crippen molar-refractivity contribution >= 4 is 15.9 Å². The van der Waals surface area contributed by atoms with Gasteiger partial charge in [-0.25, -0.2) is 0 Å². The predicted molar refractivity (Wildman–Crippen MR) is 94.6 cm³/mol. The predicted octanol–water partition coefficient (Wildman–Crippen LogP) is 3.21. The molecule has 2 aliphatic rings. The number of benzene rings is 1. The van der Waals surface area contributed by atoms with Crippen molar-refractivity contribution < 1.29 is 18.9 Å². The van der Waals surface area contributed by atoms with Crippen LogP contribution in [0.15, 0.2) is 28.7 Å². The molecule has 5 nitrogen and oxygen atoms in total. The first kappa shape index (κ1) is 18.3. The highest BCUT2D eigenvalue weighted by Crippen LogP contribution is 2.39. The second-order valence-corrected chi connectivity index (χ2v) is 7.93. The van der Waals surface area contributed by atoms with Crippen molar-refractivity contribution in [2.45, 2.75) is 70.7 Å². The van der Waals surface area contributed by atoms with E-state index < -0.39 is 5.79 Å². The third-order valence-electron chi connectivity index (χ3n) is 4.20. The molecule has 4 atom stereocenters. The van der Waals surface area contributed by atoms with Crippen LogP contribution in [0.4, 0.5) is 0 Å². The van der Waals surface area contributed by atoms with E-state index in [1.807, 2.05) is 32.0 Å². The summed E-state index contributed by atoms with van der Waals surface area (Å²) >= 11 is 3.57. The molecule has 1 N–H and O–H groups in total. The largest absolute Gasteiger partial charge is 0.368 e. The summed E-state index contributed by atoms with van der Waals surface area (Å²) in [7, 11) is 0. The Labute approximate surface area is 152 Å². The molecular formula is C18H26BrNO4. The van der Waals surface area contributed by atoms with Gasteiger partial charge in [-0.3, -0.25) is 0 Å². The summed E-state index contributed by atoms with van der Waals surface area (Å²) in [5.41, 5.74) is 1.11. The lowest BCUT2D eigenvalue weighted by molar-refractivity contribution is -0.218. The normalized spacial score (nSPS) is 31.6. The molecule has 0 spiro atoms. The van der Waals surface area contributed by atoms with Crippen LogP contribution in [0.1, 0.15) is 33.3 Å². The maximum Gasteiger partial charge on any atom is 0.190 e. The molecule has 3 rings (SSSR count). The van der Waals surface area contributed by atoms with E-state index in [1.165, 1.54) is 0 Å². The van der Waals surface area contributed by atoms with Crippen molar-refractivity contribution in [3.63, 3.8) is 0 Å². The van der Waals surface area contributed by atoms with E-state index in [1.54, 1.807) is 0 Å². The van der Waals surface area contributed by atoms with Gasteiger partial charge < -0.3 is 24.3 Å². The molecule has 6 heteroatoms. The standard InChI is InChI=1S/C18H26BrNO4/c1-11(2)20-9-14-15(16-17(22-14)24-18(3,4)23-16)21-10-12-7-5-6-8-13(12)19/h5-8,11,14-17,20H,9-10H2,1-4H3/t14-,15+,16-,17-/m1/s1. The van der Waals surface area contributed by atoms with Gasteiger partial charge in [0.05, 0.1) is 6.61 Å². The summed E-state index contributed by atoms with van der Waals surface area (Å²) < 4.78 is 25.2. The minimum atomic E-state index is -0.638. The van der Waals surface area contributed by atoms with Gasteiger partial charge in [0.1, 0.15) is 18.3 Å². The molecule has 2 aliphatic heterocycles.